The molecule has 6 nitrogen and oxygen atoms in total. The summed E-state index contributed by atoms with van der Waals surface area (Å²) in [6.45, 7) is 0.594. The fourth-order valence-corrected chi connectivity index (χ4v) is 3.03. The lowest BCUT2D eigenvalue weighted by atomic mass is 10.2. The van der Waals surface area contributed by atoms with Gasteiger partial charge in [-0.2, -0.15) is 4.31 Å². The summed E-state index contributed by atoms with van der Waals surface area (Å²) in [5.41, 5.74) is 0.311. The number of carbonyl (C=O) groups excluding carboxylic acids is 2. The van der Waals surface area contributed by atoms with Crippen molar-refractivity contribution in [2.45, 2.75) is 11.8 Å². The lowest BCUT2D eigenvalue weighted by Gasteiger charge is -2.24. The minimum atomic E-state index is -4.06. The molecule has 102 valence electrons. The quantitative estimate of drug-likeness (QED) is 0.762. The summed E-state index contributed by atoms with van der Waals surface area (Å²) in [5.74, 6) is -2.06. The van der Waals surface area contributed by atoms with E-state index in [0.717, 1.165) is 10.4 Å². The summed E-state index contributed by atoms with van der Waals surface area (Å²) in [4.78, 5) is 22.1. The van der Waals surface area contributed by atoms with Crippen molar-refractivity contribution in [1.82, 2.24) is 9.62 Å². The molecule has 0 radical (unpaired) electrons. The van der Waals surface area contributed by atoms with E-state index in [-0.39, 0.29) is 4.90 Å². The maximum absolute atomic E-state index is 13.4. The van der Waals surface area contributed by atoms with Gasteiger partial charge in [0.1, 0.15) is 5.82 Å². The second-order valence-electron chi connectivity index (χ2n) is 4.16. The first-order valence-corrected chi connectivity index (χ1v) is 6.83. The van der Waals surface area contributed by atoms with Crippen molar-refractivity contribution in [2.24, 2.45) is 0 Å². The highest BCUT2D eigenvalue weighted by Crippen LogP contribution is 2.19. The molecule has 0 atom stereocenters. The Balaban J connectivity index is 2.39. The number of nitrogens with one attached hydrogen (secondary N) is 1. The van der Waals surface area contributed by atoms with Crippen LogP contribution < -0.4 is 5.32 Å². The third kappa shape index (κ3) is 2.64. The highest BCUT2D eigenvalue weighted by molar-refractivity contribution is 7.89. The normalized spacial score (nSPS) is 17.4. The fraction of sp³-hybridized carbons (Fsp3) is 0.273. The Morgan fingerprint density at radius 2 is 1.79 bits per heavy atom. The summed E-state index contributed by atoms with van der Waals surface area (Å²) in [6, 6.07) is 3.44. The molecule has 1 aromatic carbocycles. The zero-order chi connectivity index (χ0) is 14.2. The van der Waals surface area contributed by atoms with Crippen molar-refractivity contribution >= 4 is 21.8 Å². The maximum atomic E-state index is 13.4. The van der Waals surface area contributed by atoms with Crippen molar-refractivity contribution in [3.63, 3.8) is 0 Å². The number of nitrogens with zero attached hydrogens (tertiary/aromatic N) is 1. The summed E-state index contributed by atoms with van der Waals surface area (Å²) in [5, 5.41) is 2.00. The third-order valence-electron chi connectivity index (χ3n) is 2.70. The highest BCUT2D eigenvalue weighted by atomic mass is 32.2. The molecule has 1 N–H and O–H groups in total. The molecular weight excluding hydrogens is 275 g/mol. The Labute approximate surface area is 109 Å². The number of hydrogen-bond acceptors (Lipinski definition) is 4. The molecule has 0 unspecified atom stereocenters. The lowest BCUT2D eigenvalue weighted by molar-refractivity contribution is -0.134. The van der Waals surface area contributed by atoms with Crippen LogP contribution in [-0.4, -0.2) is 37.6 Å². The largest absolute Gasteiger partial charge is 0.294 e. The first kappa shape index (κ1) is 13.6. The van der Waals surface area contributed by atoms with Crippen LogP contribution in [0.1, 0.15) is 5.56 Å². The molecule has 1 aromatic rings. The van der Waals surface area contributed by atoms with E-state index >= 15 is 0 Å². The standard InChI is InChI=1S/C11H11FN2O4S/c1-7-2-3-8(4-9(7)12)19(17,18)14-5-10(15)13-11(16)6-14/h2-4H,5-6H2,1H3,(H,13,15,16). The van der Waals surface area contributed by atoms with Gasteiger partial charge in [-0.15, -0.1) is 0 Å². The van der Waals surface area contributed by atoms with Crippen LogP contribution in [0, 0.1) is 12.7 Å². The Morgan fingerprint density at radius 3 is 2.32 bits per heavy atom. The summed E-state index contributed by atoms with van der Waals surface area (Å²) >= 11 is 0. The molecule has 2 amide bonds. The molecule has 1 fully saturated rings. The Bertz CT molecular complexity index is 641. The van der Waals surface area contributed by atoms with Crippen molar-refractivity contribution in [3.8, 4) is 0 Å². The van der Waals surface area contributed by atoms with Crippen molar-refractivity contribution in [3.05, 3.63) is 29.6 Å². The topological polar surface area (TPSA) is 83.6 Å². The number of halogens is 1. The molecular formula is C11H11FN2O4S. The number of carbonyl (C=O) groups is 2. The molecule has 1 saturated heterocycles. The smallest absolute Gasteiger partial charge is 0.244 e. The van der Waals surface area contributed by atoms with Gasteiger partial charge in [0.25, 0.3) is 0 Å². The molecule has 0 aliphatic carbocycles. The van der Waals surface area contributed by atoms with Gasteiger partial charge in [0.05, 0.1) is 18.0 Å². The minimum absolute atomic E-state index is 0.280. The van der Waals surface area contributed by atoms with Crippen LogP contribution in [0.5, 0.6) is 0 Å². The zero-order valence-electron chi connectivity index (χ0n) is 10.0. The van der Waals surface area contributed by atoms with Gasteiger partial charge < -0.3 is 0 Å². The number of rotatable bonds is 2. The van der Waals surface area contributed by atoms with Gasteiger partial charge in [0.15, 0.2) is 0 Å². The predicted molar refractivity (Wildman–Crippen MR) is 63.0 cm³/mol. The van der Waals surface area contributed by atoms with Gasteiger partial charge in [-0.1, -0.05) is 6.07 Å². The molecule has 1 aliphatic heterocycles. The van der Waals surface area contributed by atoms with E-state index in [1.807, 2.05) is 5.32 Å². The SMILES string of the molecule is Cc1ccc(S(=O)(=O)N2CC(=O)NC(=O)C2)cc1F. The van der Waals surface area contributed by atoms with Crippen LogP contribution in [0.25, 0.3) is 0 Å². The number of sulfonamides is 1. The molecule has 8 heteroatoms. The maximum Gasteiger partial charge on any atom is 0.244 e. The Hall–Kier alpha value is -1.80. The van der Waals surface area contributed by atoms with Gasteiger partial charge >= 0.3 is 0 Å². The van der Waals surface area contributed by atoms with Crippen LogP contribution in [-0.2, 0) is 19.6 Å². The first-order valence-electron chi connectivity index (χ1n) is 5.39. The average molecular weight is 286 g/mol. The molecule has 19 heavy (non-hydrogen) atoms. The van der Waals surface area contributed by atoms with Crippen LogP contribution in [0.3, 0.4) is 0 Å². The number of aryl methyl sites for hydroxylation is 1. The Kier molecular flexibility index (Phi) is 3.38. The number of hydrogen-bond donors (Lipinski definition) is 1. The van der Waals surface area contributed by atoms with Crippen LogP contribution in [0.2, 0.25) is 0 Å². The molecule has 1 aliphatic rings. The minimum Gasteiger partial charge on any atom is -0.294 e. The molecule has 2 rings (SSSR count). The van der Waals surface area contributed by atoms with E-state index in [1.165, 1.54) is 19.1 Å². The van der Waals surface area contributed by atoms with Gasteiger partial charge in [-0.05, 0) is 24.6 Å². The number of piperazine rings is 1. The monoisotopic (exact) mass is 286 g/mol. The molecule has 1 heterocycles. The van der Waals surface area contributed by atoms with Gasteiger partial charge in [-0.25, -0.2) is 12.8 Å². The van der Waals surface area contributed by atoms with E-state index in [2.05, 4.69) is 0 Å². The van der Waals surface area contributed by atoms with Crippen LogP contribution >= 0.6 is 0 Å². The first-order chi connectivity index (χ1) is 8.80. The fourth-order valence-electron chi connectivity index (χ4n) is 1.66. The van der Waals surface area contributed by atoms with Gasteiger partial charge in [-0.3, -0.25) is 14.9 Å². The van der Waals surface area contributed by atoms with Crippen molar-refractivity contribution < 1.29 is 22.4 Å². The van der Waals surface area contributed by atoms with E-state index in [4.69, 9.17) is 0 Å². The second-order valence-corrected chi connectivity index (χ2v) is 6.09. The number of amides is 2. The van der Waals surface area contributed by atoms with E-state index < -0.39 is 40.7 Å². The van der Waals surface area contributed by atoms with E-state index in [0.29, 0.717) is 5.56 Å². The average Bonchev–Trinajstić information content (AvgIpc) is 2.31. The predicted octanol–water partition coefficient (Wildman–Crippen LogP) is -0.219. The molecule has 0 bridgehead atoms. The summed E-state index contributed by atoms with van der Waals surface area (Å²) < 4.78 is 38.5. The van der Waals surface area contributed by atoms with Gasteiger partial charge in [0, 0.05) is 0 Å². The highest BCUT2D eigenvalue weighted by Gasteiger charge is 2.33. The zero-order valence-corrected chi connectivity index (χ0v) is 10.8. The molecule has 0 saturated carbocycles. The van der Waals surface area contributed by atoms with Crippen LogP contribution in [0.15, 0.2) is 23.1 Å². The third-order valence-corrected chi connectivity index (χ3v) is 4.49. The Morgan fingerprint density at radius 1 is 1.21 bits per heavy atom. The van der Waals surface area contributed by atoms with Crippen LogP contribution in [0.4, 0.5) is 4.39 Å². The summed E-state index contributed by atoms with van der Waals surface area (Å²) in [7, 11) is -4.06. The van der Waals surface area contributed by atoms with E-state index in [9.17, 15) is 22.4 Å². The molecule has 0 spiro atoms. The number of imide groups is 1. The second kappa shape index (κ2) is 4.71. The van der Waals surface area contributed by atoms with Gasteiger partial charge in [0.2, 0.25) is 21.8 Å². The van der Waals surface area contributed by atoms with E-state index in [1.54, 1.807) is 0 Å². The molecule has 0 aromatic heterocycles. The number of benzene rings is 1. The van der Waals surface area contributed by atoms with Crippen molar-refractivity contribution in [1.29, 1.82) is 0 Å². The lowest BCUT2D eigenvalue weighted by Crippen LogP contribution is -2.53. The summed E-state index contributed by atoms with van der Waals surface area (Å²) in [6.07, 6.45) is 0. The van der Waals surface area contributed by atoms with Crippen molar-refractivity contribution in [2.75, 3.05) is 13.1 Å².